The van der Waals surface area contributed by atoms with Crippen LogP contribution in [-0.2, 0) is 16.0 Å². The summed E-state index contributed by atoms with van der Waals surface area (Å²) >= 11 is 0. The van der Waals surface area contributed by atoms with Crippen molar-refractivity contribution in [3.8, 4) is 0 Å². The van der Waals surface area contributed by atoms with Gasteiger partial charge in [-0.15, -0.1) is 0 Å². The summed E-state index contributed by atoms with van der Waals surface area (Å²) < 4.78 is 18.9. The summed E-state index contributed by atoms with van der Waals surface area (Å²) in [5.74, 6) is -1.01. The van der Waals surface area contributed by atoms with Crippen molar-refractivity contribution in [1.29, 1.82) is 0 Å². The Bertz CT molecular complexity index is 818. The lowest BCUT2D eigenvalue weighted by Crippen LogP contribution is -2.48. The minimum absolute atomic E-state index is 0.0148. The summed E-state index contributed by atoms with van der Waals surface area (Å²) in [6.45, 7) is 3.64. The molecule has 1 aliphatic rings. The number of rotatable bonds is 7. The minimum Gasteiger partial charge on any atom is -0.464 e. The molecule has 0 heterocycles. The lowest BCUT2D eigenvalue weighted by Gasteiger charge is -2.31. The van der Waals surface area contributed by atoms with Crippen LogP contribution in [0.1, 0.15) is 41.3 Å². The molecule has 0 N–H and O–H groups in total. The molecule has 2 aromatic carbocycles. The topological polar surface area (TPSA) is 46.6 Å². The third kappa shape index (κ3) is 4.54. The summed E-state index contributed by atoms with van der Waals surface area (Å²) in [5.41, 5.74) is 1.76. The average molecular weight is 369 g/mol. The molecular formula is C22H24FNO3. The van der Waals surface area contributed by atoms with E-state index in [1.54, 1.807) is 18.7 Å². The van der Waals surface area contributed by atoms with Crippen LogP contribution in [-0.4, -0.2) is 35.5 Å². The molecule has 3 rings (SSSR count). The maximum atomic E-state index is 13.6. The fourth-order valence-electron chi connectivity index (χ4n) is 3.21. The molecule has 1 unspecified atom stereocenters. The van der Waals surface area contributed by atoms with Gasteiger partial charge in [0.15, 0.2) is 0 Å². The zero-order chi connectivity index (χ0) is 19.4. The van der Waals surface area contributed by atoms with E-state index < -0.39 is 12.0 Å². The van der Waals surface area contributed by atoms with E-state index in [0.717, 1.165) is 18.4 Å². The van der Waals surface area contributed by atoms with Gasteiger partial charge in [0.25, 0.3) is 5.91 Å². The number of ether oxygens (including phenoxy) is 1. The van der Waals surface area contributed by atoms with Crippen molar-refractivity contribution in [3.63, 3.8) is 0 Å². The highest BCUT2D eigenvalue weighted by molar-refractivity contribution is 5.97. The molecule has 1 amide bonds. The first kappa shape index (κ1) is 19.1. The van der Waals surface area contributed by atoms with E-state index in [1.165, 1.54) is 18.2 Å². The summed E-state index contributed by atoms with van der Waals surface area (Å²) in [6, 6.07) is 13.2. The Morgan fingerprint density at radius 2 is 1.89 bits per heavy atom. The Labute approximate surface area is 158 Å². The molecule has 27 heavy (non-hydrogen) atoms. The zero-order valence-corrected chi connectivity index (χ0v) is 15.7. The van der Waals surface area contributed by atoms with Gasteiger partial charge in [0, 0.05) is 18.0 Å². The molecule has 0 radical (unpaired) electrons. The van der Waals surface area contributed by atoms with Crippen LogP contribution in [0.3, 0.4) is 0 Å². The van der Waals surface area contributed by atoms with Gasteiger partial charge in [-0.2, -0.15) is 0 Å². The SMILES string of the molecule is CCOC(=O)C(Cc1ccccc1)N(C(=O)c1ccc(F)c(C)c1)C1CC1. The van der Waals surface area contributed by atoms with E-state index in [4.69, 9.17) is 4.74 Å². The molecule has 2 aromatic rings. The van der Waals surface area contributed by atoms with E-state index in [1.807, 2.05) is 30.3 Å². The smallest absolute Gasteiger partial charge is 0.329 e. The first-order valence-corrected chi connectivity index (χ1v) is 9.30. The summed E-state index contributed by atoms with van der Waals surface area (Å²) in [5, 5.41) is 0. The van der Waals surface area contributed by atoms with Crippen LogP contribution in [0.25, 0.3) is 0 Å². The van der Waals surface area contributed by atoms with Crippen molar-refractivity contribution in [2.75, 3.05) is 6.61 Å². The molecular weight excluding hydrogens is 345 g/mol. The lowest BCUT2D eigenvalue weighted by molar-refractivity contribution is -0.148. The Morgan fingerprint density at radius 3 is 2.48 bits per heavy atom. The molecule has 0 bridgehead atoms. The standard InChI is InChI=1S/C22H24FNO3/c1-3-27-22(26)20(14-16-7-5-4-6-8-16)24(18-10-11-18)21(25)17-9-12-19(23)15(2)13-17/h4-9,12-13,18,20H,3,10-11,14H2,1-2H3. The third-order valence-corrected chi connectivity index (χ3v) is 4.75. The number of aryl methyl sites for hydroxylation is 1. The number of benzene rings is 2. The van der Waals surface area contributed by atoms with E-state index >= 15 is 0 Å². The Hall–Kier alpha value is -2.69. The van der Waals surface area contributed by atoms with Gasteiger partial charge < -0.3 is 9.64 Å². The van der Waals surface area contributed by atoms with Crippen LogP contribution in [0.4, 0.5) is 4.39 Å². The Morgan fingerprint density at radius 1 is 1.19 bits per heavy atom. The normalized spacial score (nSPS) is 14.5. The molecule has 5 heteroatoms. The van der Waals surface area contributed by atoms with Gasteiger partial charge in [0.1, 0.15) is 11.9 Å². The van der Waals surface area contributed by atoms with Crippen LogP contribution >= 0.6 is 0 Å². The Balaban J connectivity index is 1.93. The van der Waals surface area contributed by atoms with Gasteiger partial charge in [-0.1, -0.05) is 30.3 Å². The average Bonchev–Trinajstić information content (AvgIpc) is 3.49. The summed E-state index contributed by atoms with van der Waals surface area (Å²) in [7, 11) is 0. The van der Waals surface area contributed by atoms with Crippen LogP contribution in [0.15, 0.2) is 48.5 Å². The van der Waals surface area contributed by atoms with Crippen LogP contribution in [0, 0.1) is 12.7 Å². The molecule has 1 aliphatic carbocycles. The molecule has 1 fully saturated rings. The lowest BCUT2D eigenvalue weighted by atomic mass is 10.0. The molecule has 1 saturated carbocycles. The van der Waals surface area contributed by atoms with Gasteiger partial charge in [-0.25, -0.2) is 9.18 Å². The number of nitrogens with zero attached hydrogens (tertiary/aromatic N) is 1. The van der Waals surface area contributed by atoms with Gasteiger partial charge in [0.2, 0.25) is 0 Å². The highest BCUT2D eigenvalue weighted by Crippen LogP contribution is 2.32. The van der Waals surface area contributed by atoms with E-state index in [-0.39, 0.29) is 24.4 Å². The highest BCUT2D eigenvalue weighted by Gasteiger charge is 2.41. The van der Waals surface area contributed by atoms with Gasteiger partial charge in [-0.05, 0) is 56.0 Å². The van der Waals surface area contributed by atoms with Crippen LogP contribution in [0.5, 0.6) is 0 Å². The summed E-state index contributed by atoms with van der Waals surface area (Å²) in [4.78, 5) is 27.6. The maximum Gasteiger partial charge on any atom is 0.329 e. The van der Waals surface area contributed by atoms with Crippen molar-refractivity contribution in [3.05, 3.63) is 71.0 Å². The second-order valence-corrected chi connectivity index (χ2v) is 6.87. The zero-order valence-electron chi connectivity index (χ0n) is 15.7. The molecule has 4 nitrogen and oxygen atoms in total. The number of halogens is 1. The number of hydrogen-bond acceptors (Lipinski definition) is 3. The minimum atomic E-state index is -0.697. The largest absolute Gasteiger partial charge is 0.464 e. The van der Waals surface area contributed by atoms with E-state index in [0.29, 0.717) is 17.5 Å². The number of carbonyl (C=O) groups is 2. The van der Waals surface area contributed by atoms with E-state index in [9.17, 15) is 14.0 Å². The fraction of sp³-hybridized carbons (Fsp3) is 0.364. The predicted octanol–water partition coefficient (Wildman–Crippen LogP) is 3.91. The van der Waals surface area contributed by atoms with Crippen LogP contribution in [0.2, 0.25) is 0 Å². The first-order chi connectivity index (χ1) is 13.0. The van der Waals surface area contributed by atoms with Crippen molar-refractivity contribution >= 4 is 11.9 Å². The van der Waals surface area contributed by atoms with Crippen molar-refractivity contribution in [2.24, 2.45) is 0 Å². The van der Waals surface area contributed by atoms with Gasteiger partial charge in [0.05, 0.1) is 6.61 Å². The molecule has 0 spiro atoms. The maximum absolute atomic E-state index is 13.6. The molecule has 1 atom stereocenters. The fourth-order valence-corrected chi connectivity index (χ4v) is 3.21. The third-order valence-electron chi connectivity index (χ3n) is 4.75. The quantitative estimate of drug-likeness (QED) is 0.695. The predicted molar refractivity (Wildman–Crippen MR) is 101 cm³/mol. The Kier molecular flexibility index (Phi) is 5.89. The second-order valence-electron chi connectivity index (χ2n) is 6.87. The van der Waals surface area contributed by atoms with Crippen molar-refractivity contribution < 1.29 is 18.7 Å². The number of esters is 1. The van der Waals surface area contributed by atoms with Crippen molar-refractivity contribution in [2.45, 2.75) is 45.2 Å². The number of amides is 1. The second kappa shape index (κ2) is 8.33. The molecule has 0 aliphatic heterocycles. The molecule has 0 saturated heterocycles. The number of carbonyl (C=O) groups excluding carboxylic acids is 2. The first-order valence-electron chi connectivity index (χ1n) is 9.30. The summed E-state index contributed by atoms with van der Waals surface area (Å²) in [6.07, 6.45) is 2.11. The highest BCUT2D eigenvalue weighted by atomic mass is 19.1. The monoisotopic (exact) mass is 369 g/mol. The van der Waals surface area contributed by atoms with Crippen molar-refractivity contribution in [1.82, 2.24) is 4.90 Å². The van der Waals surface area contributed by atoms with Gasteiger partial charge >= 0.3 is 5.97 Å². The van der Waals surface area contributed by atoms with E-state index in [2.05, 4.69) is 0 Å². The van der Waals surface area contributed by atoms with Crippen LogP contribution < -0.4 is 0 Å². The number of hydrogen-bond donors (Lipinski definition) is 0. The molecule has 142 valence electrons. The van der Waals surface area contributed by atoms with Gasteiger partial charge in [-0.3, -0.25) is 4.79 Å². The molecule has 0 aromatic heterocycles.